The van der Waals surface area contributed by atoms with E-state index in [-0.39, 0.29) is 0 Å². The fourth-order valence-corrected chi connectivity index (χ4v) is 1.62. The van der Waals surface area contributed by atoms with E-state index < -0.39 is 46.2 Å². The molecule has 0 saturated heterocycles. The minimum atomic E-state index is -5.33. The number of hydrogen-bond acceptors (Lipinski definition) is 3. The Hall–Kier alpha value is -1.22. The summed E-state index contributed by atoms with van der Waals surface area (Å²) in [7, 11) is 0. The summed E-state index contributed by atoms with van der Waals surface area (Å²) in [6.07, 6.45) is -10.1. The van der Waals surface area contributed by atoms with Gasteiger partial charge >= 0.3 is 12.5 Å². The van der Waals surface area contributed by atoms with Crippen molar-refractivity contribution < 1.29 is 35.9 Å². The van der Waals surface area contributed by atoms with E-state index in [1.54, 1.807) is 0 Å². The van der Waals surface area contributed by atoms with E-state index in [0.717, 1.165) is 0 Å². The lowest BCUT2D eigenvalue weighted by Gasteiger charge is -2.17. The van der Waals surface area contributed by atoms with Crippen LogP contribution in [0.5, 0.6) is 5.75 Å². The Labute approximate surface area is 117 Å². The number of pyridine rings is 1. The molecule has 112 valence electrons. The van der Waals surface area contributed by atoms with Crippen LogP contribution < -0.4 is 4.74 Å². The summed E-state index contributed by atoms with van der Waals surface area (Å²) in [4.78, 5) is 13.9. The van der Waals surface area contributed by atoms with Crippen LogP contribution in [-0.2, 0) is 12.1 Å². The monoisotopic (exact) mass is 341 g/mol. The van der Waals surface area contributed by atoms with Gasteiger partial charge in [-0.1, -0.05) is 0 Å². The normalized spacial score (nSPS) is 12.4. The number of carbonyl (C=O) groups excluding carboxylic acids is 1. The summed E-state index contributed by atoms with van der Waals surface area (Å²) in [5.74, 6) is -2.07. The summed E-state index contributed by atoms with van der Waals surface area (Å²) in [6, 6.07) is 0. The molecule has 0 aromatic carbocycles. The van der Waals surface area contributed by atoms with Crippen LogP contribution in [0.2, 0.25) is 0 Å². The average Bonchev–Trinajstić information content (AvgIpc) is 2.24. The Morgan fingerprint density at radius 1 is 1.25 bits per heavy atom. The molecule has 20 heavy (non-hydrogen) atoms. The number of hydrogen-bond donors (Lipinski definition) is 0. The van der Waals surface area contributed by atoms with Crippen molar-refractivity contribution in [3.8, 4) is 5.75 Å². The molecule has 11 heteroatoms. The van der Waals surface area contributed by atoms with Crippen LogP contribution in [0.1, 0.15) is 21.6 Å². The van der Waals surface area contributed by atoms with Crippen molar-refractivity contribution in [2.75, 3.05) is 0 Å². The van der Waals surface area contributed by atoms with Crippen LogP contribution in [0.15, 0.2) is 6.20 Å². The first kappa shape index (κ1) is 16.8. The third-order valence-corrected chi connectivity index (χ3v) is 2.41. The van der Waals surface area contributed by atoms with Crippen LogP contribution >= 0.6 is 23.2 Å². The van der Waals surface area contributed by atoms with Crippen molar-refractivity contribution in [3.05, 3.63) is 23.0 Å². The Morgan fingerprint density at radius 3 is 2.15 bits per heavy atom. The van der Waals surface area contributed by atoms with Crippen LogP contribution in [-0.4, -0.2) is 16.6 Å². The minimum Gasteiger partial charge on any atom is -0.404 e. The number of rotatable bonds is 3. The molecular formula is C9H3Cl2F6NO2. The molecule has 0 unspecified atom stereocenters. The summed E-state index contributed by atoms with van der Waals surface area (Å²) in [5, 5.41) is -1.80. The highest BCUT2D eigenvalue weighted by Crippen LogP contribution is 2.39. The second kappa shape index (κ2) is 5.65. The first-order chi connectivity index (χ1) is 8.97. The van der Waals surface area contributed by atoms with Crippen LogP contribution in [0.4, 0.5) is 26.3 Å². The molecule has 1 aromatic heterocycles. The molecule has 0 amide bonds. The standard InChI is InChI=1S/C9H3Cl2F6NO2/c10-1-3-2-18-6(8(12,13)14)4(7(11)19)5(3)20-9(15,16)17/h2H,1H2. The summed E-state index contributed by atoms with van der Waals surface area (Å²) in [6.45, 7) is 0. The summed E-state index contributed by atoms with van der Waals surface area (Å²) >= 11 is 10.2. The average molecular weight is 342 g/mol. The fourth-order valence-electron chi connectivity index (χ4n) is 1.26. The largest absolute Gasteiger partial charge is 0.573 e. The van der Waals surface area contributed by atoms with Gasteiger partial charge in [0.1, 0.15) is 11.3 Å². The smallest absolute Gasteiger partial charge is 0.404 e. The maximum Gasteiger partial charge on any atom is 0.573 e. The van der Waals surface area contributed by atoms with Crippen molar-refractivity contribution in [2.24, 2.45) is 0 Å². The molecule has 0 spiro atoms. The molecule has 1 aromatic rings. The van der Waals surface area contributed by atoms with E-state index in [4.69, 9.17) is 23.2 Å². The molecule has 0 aliphatic carbocycles. The number of halogens is 8. The fraction of sp³-hybridized carbons (Fsp3) is 0.333. The second-order valence-electron chi connectivity index (χ2n) is 3.29. The first-order valence-electron chi connectivity index (χ1n) is 4.58. The van der Waals surface area contributed by atoms with Crippen molar-refractivity contribution in [3.63, 3.8) is 0 Å². The van der Waals surface area contributed by atoms with E-state index in [1.807, 2.05) is 0 Å². The molecule has 0 fully saturated rings. The van der Waals surface area contributed by atoms with Gasteiger partial charge in [0.25, 0.3) is 5.24 Å². The van der Waals surface area contributed by atoms with Gasteiger partial charge in [-0.2, -0.15) is 13.2 Å². The third-order valence-electron chi connectivity index (χ3n) is 1.93. The molecular weight excluding hydrogens is 339 g/mol. The molecule has 0 atom stereocenters. The van der Waals surface area contributed by atoms with Gasteiger partial charge in [-0.3, -0.25) is 9.78 Å². The van der Waals surface area contributed by atoms with Crippen molar-refractivity contribution >= 4 is 28.4 Å². The zero-order chi connectivity index (χ0) is 15.7. The molecule has 0 N–H and O–H groups in total. The molecule has 0 bridgehead atoms. The van der Waals surface area contributed by atoms with Crippen LogP contribution in [0, 0.1) is 0 Å². The third kappa shape index (κ3) is 3.89. The number of nitrogens with zero attached hydrogens (tertiary/aromatic N) is 1. The van der Waals surface area contributed by atoms with Crippen LogP contribution in [0.3, 0.4) is 0 Å². The van der Waals surface area contributed by atoms with Gasteiger partial charge in [0.2, 0.25) is 0 Å². The summed E-state index contributed by atoms with van der Waals surface area (Å²) in [5.41, 5.74) is -3.97. The zero-order valence-corrected chi connectivity index (χ0v) is 10.6. The van der Waals surface area contributed by atoms with Crippen molar-refractivity contribution in [1.82, 2.24) is 4.98 Å². The lowest BCUT2D eigenvalue weighted by Crippen LogP contribution is -2.22. The SMILES string of the molecule is O=C(Cl)c1c(C(F)(F)F)ncc(CCl)c1OC(F)(F)F. The number of aromatic nitrogens is 1. The Kier molecular flexibility index (Phi) is 4.75. The van der Waals surface area contributed by atoms with E-state index in [0.29, 0.717) is 6.20 Å². The topological polar surface area (TPSA) is 39.2 Å². The quantitative estimate of drug-likeness (QED) is 0.471. The molecule has 0 aliphatic heterocycles. The Bertz CT molecular complexity index is 528. The molecule has 3 nitrogen and oxygen atoms in total. The molecule has 0 radical (unpaired) electrons. The van der Waals surface area contributed by atoms with Gasteiger partial charge in [0.15, 0.2) is 5.69 Å². The van der Waals surface area contributed by atoms with Gasteiger partial charge in [0.05, 0.1) is 5.88 Å². The second-order valence-corrected chi connectivity index (χ2v) is 3.90. The minimum absolute atomic E-state index is 0.431. The molecule has 0 saturated carbocycles. The predicted octanol–water partition coefficient (Wildman–Crippen LogP) is 4.12. The lowest BCUT2D eigenvalue weighted by molar-refractivity contribution is -0.275. The highest BCUT2D eigenvalue weighted by molar-refractivity contribution is 6.68. The van der Waals surface area contributed by atoms with Gasteiger partial charge in [-0.05, 0) is 11.6 Å². The van der Waals surface area contributed by atoms with Gasteiger partial charge in [-0.15, -0.1) is 24.8 Å². The first-order valence-corrected chi connectivity index (χ1v) is 5.49. The zero-order valence-electron chi connectivity index (χ0n) is 9.07. The number of ether oxygens (including phenoxy) is 1. The van der Waals surface area contributed by atoms with Gasteiger partial charge in [0, 0.05) is 11.8 Å². The molecule has 0 aliphatic rings. The van der Waals surface area contributed by atoms with E-state index in [9.17, 15) is 31.1 Å². The Morgan fingerprint density at radius 2 is 1.80 bits per heavy atom. The molecule has 1 rings (SSSR count). The maximum atomic E-state index is 12.6. The summed E-state index contributed by atoms with van der Waals surface area (Å²) < 4.78 is 77.9. The maximum absolute atomic E-state index is 12.6. The van der Waals surface area contributed by atoms with Crippen LogP contribution in [0.25, 0.3) is 0 Å². The molecule has 1 heterocycles. The van der Waals surface area contributed by atoms with Gasteiger partial charge < -0.3 is 4.74 Å². The van der Waals surface area contributed by atoms with Gasteiger partial charge in [-0.25, -0.2) is 0 Å². The van der Waals surface area contributed by atoms with Crippen molar-refractivity contribution in [2.45, 2.75) is 18.4 Å². The number of carbonyl (C=O) groups is 1. The predicted molar refractivity (Wildman–Crippen MR) is 55.7 cm³/mol. The van der Waals surface area contributed by atoms with E-state index in [1.165, 1.54) is 0 Å². The lowest BCUT2D eigenvalue weighted by atomic mass is 10.1. The highest BCUT2D eigenvalue weighted by atomic mass is 35.5. The number of alkyl halides is 7. The highest BCUT2D eigenvalue weighted by Gasteiger charge is 2.42. The van der Waals surface area contributed by atoms with Crippen molar-refractivity contribution in [1.29, 1.82) is 0 Å². The van der Waals surface area contributed by atoms with E-state index >= 15 is 0 Å². The Balaban J connectivity index is 3.62. The van der Waals surface area contributed by atoms with E-state index in [2.05, 4.69) is 9.72 Å².